The minimum absolute atomic E-state index is 0.155. The van der Waals surface area contributed by atoms with Gasteiger partial charge in [-0.25, -0.2) is 9.37 Å². The van der Waals surface area contributed by atoms with E-state index in [1.165, 1.54) is 12.1 Å². The Balaban J connectivity index is 2.11. The Hall–Kier alpha value is -2.65. The predicted octanol–water partition coefficient (Wildman–Crippen LogP) is 1.35. The molecule has 5 nitrogen and oxygen atoms in total. The summed E-state index contributed by atoms with van der Waals surface area (Å²) in [6.45, 7) is 1.94. The van der Waals surface area contributed by atoms with Crippen LogP contribution < -0.4 is 11.1 Å². The van der Waals surface area contributed by atoms with Crippen molar-refractivity contribution < 1.29 is 9.18 Å². The number of hydrogen-bond acceptors (Lipinski definition) is 3. The molecule has 2 aromatic rings. The average molecular weight is 286 g/mol. The molecule has 6 heteroatoms. The van der Waals surface area contributed by atoms with E-state index in [0.717, 1.165) is 6.07 Å². The van der Waals surface area contributed by atoms with Crippen molar-refractivity contribution in [2.24, 2.45) is 5.73 Å². The van der Waals surface area contributed by atoms with Crippen LogP contribution in [0.1, 0.15) is 34.7 Å². The van der Waals surface area contributed by atoms with Crippen molar-refractivity contribution in [3.8, 4) is 11.8 Å². The van der Waals surface area contributed by atoms with Gasteiger partial charge in [0.1, 0.15) is 11.6 Å². The van der Waals surface area contributed by atoms with Crippen molar-refractivity contribution in [3.05, 3.63) is 53.4 Å². The number of nitrogens with one attached hydrogen (secondary N) is 2. The molecule has 0 saturated heterocycles. The lowest BCUT2D eigenvalue weighted by molar-refractivity contribution is 0.0938. The number of imidazole rings is 1. The van der Waals surface area contributed by atoms with Gasteiger partial charge >= 0.3 is 0 Å². The van der Waals surface area contributed by atoms with E-state index in [4.69, 9.17) is 5.73 Å². The molecule has 4 N–H and O–H groups in total. The minimum Gasteiger partial charge on any atom is -0.347 e. The Morgan fingerprint density at radius 1 is 1.57 bits per heavy atom. The SMILES string of the molecule is CC(NC(=O)c1ccc(C#CCN)c(F)c1)c1ncc[nH]1. The smallest absolute Gasteiger partial charge is 0.251 e. The second-order valence-corrected chi connectivity index (χ2v) is 4.37. The summed E-state index contributed by atoms with van der Waals surface area (Å²) in [5, 5.41) is 2.73. The molecular weight excluding hydrogens is 271 g/mol. The van der Waals surface area contributed by atoms with Gasteiger partial charge in [0.25, 0.3) is 5.91 Å². The maximum Gasteiger partial charge on any atom is 0.251 e. The average Bonchev–Trinajstić information content (AvgIpc) is 3.00. The predicted molar refractivity (Wildman–Crippen MR) is 76.8 cm³/mol. The Morgan fingerprint density at radius 3 is 3.00 bits per heavy atom. The summed E-state index contributed by atoms with van der Waals surface area (Å²) in [7, 11) is 0. The zero-order valence-electron chi connectivity index (χ0n) is 11.5. The second-order valence-electron chi connectivity index (χ2n) is 4.37. The lowest BCUT2D eigenvalue weighted by Gasteiger charge is -2.11. The van der Waals surface area contributed by atoms with Crippen molar-refractivity contribution in [1.82, 2.24) is 15.3 Å². The van der Waals surface area contributed by atoms with Crippen LogP contribution in [0.15, 0.2) is 30.6 Å². The van der Waals surface area contributed by atoms with Crippen LogP contribution in [0.25, 0.3) is 0 Å². The van der Waals surface area contributed by atoms with E-state index in [9.17, 15) is 9.18 Å². The van der Waals surface area contributed by atoms with Crippen LogP contribution in [-0.4, -0.2) is 22.4 Å². The van der Waals surface area contributed by atoms with Crippen molar-refractivity contribution >= 4 is 5.91 Å². The molecule has 0 aliphatic heterocycles. The maximum absolute atomic E-state index is 13.8. The summed E-state index contributed by atoms with van der Waals surface area (Å²) in [4.78, 5) is 19.0. The molecule has 2 rings (SSSR count). The molecule has 1 heterocycles. The number of H-pyrrole nitrogens is 1. The van der Waals surface area contributed by atoms with Crippen LogP contribution in [0.4, 0.5) is 4.39 Å². The number of rotatable bonds is 3. The normalized spacial score (nSPS) is 11.4. The zero-order chi connectivity index (χ0) is 15.2. The van der Waals surface area contributed by atoms with Gasteiger partial charge < -0.3 is 16.0 Å². The van der Waals surface area contributed by atoms with Crippen molar-refractivity contribution in [1.29, 1.82) is 0 Å². The highest BCUT2D eigenvalue weighted by Crippen LogP contribution is 2.12. The first kappa shape index (κ1) is 14.8. The van der Waals surface area contributed by atoms with Crippen molar-refractivity contribution in [2.45, 2.75) is 13.0 Å². The fourth-order valence-corrected chi connectivity index (χ4v) is 1.77. The largest absolute Gasteiger partial charge is 0.347 e. The molecular formula is C15H15FN4O. The first-order chi connectivity index (χ1) is 10.1. The summed E-state index contributed by atoms with van der Waals surface area (Å²) >= 11 is 0. The number of carbonyl (C=O) groups is 1. The van der Waals surface area contributed by atoms with Crippen LogP contribution in [0.5, 0.6) is 0 Å². The number of aromatic nitrogens is 2. The molecule has 0 fully saturated rings. The van der Waals surface area contributed by atoms with Gasteiger partial charge in [0.05, 0.1) is 18.2 Å². The van der Waals surface area contributed by atoms with Gasteiger partial charge in [0, 0.05) is 18.0 Å². The summed E-state index contributed by atoms with van der Waals surface area (Å²) in [6.07, 6.45) is 3.27. The summed E-state index contributed by atoms with van der Waals surface area (Å²) in [5.74, 6) is 4.88. The lowest BCUT2D eigenvalue weighted by Crippen LogP contribution is -2.27. The van der Waals surface area contributed by atoms with Crippen molar-refractivity contribution in [2.75, 3.05) is 6.54 Å². The van der Waals surface area contributed by atoms with E-state index >= 15 is 0 Å². The second kappa shape index (κ2) is 6.68. The molecule has 0 aliphatic rings. The first-order valence-corrected chi connectivity index (χ1v) is 6.40. The van der Waals surface area contributed by atoms with Crippen LogP contribution in [0, 0.1) is 17.7 Å². The Kier molecular flexibility index (Phi) is 4.69. The van der Waals surface area contributed by atoms with E-state index < -0.39 is 5.82 Å². The first-order valence-electron chi connectivity index (χ1n) is 6.40. The number of nitrogens with two attached hydrogens (primary N) is 1. The molecule has 108 valence electrons. The third-order valence-corrected chi connectivity index (χ3v) is 2.83. The van der Waals surface area contributed by atoms with Gasteiger partial charge in [-0.15, -0.1) is 0 Å². The molecule has 0 spiro atoms. The van der Waals surface area contributed by atoms with Crippen molar-refractivity contribution in [3.63, 3.8) is 0 Å². The molecule has 0 aliphatic carbocycles. The summed E-state index contributed by atoms with van der Waals surface area (Å²) in [5.41, 5.74) is 5.68. The quantitative estimate of drug-likeness (QED) is 0.745. The van der Waals surface area contributed by atoms with Gasteiger partial charge in [-0.3, -0.25) is 4.79 Å². The number of hydrogen-bond donors (Lipinski definition) is 3. The molecule has 1 aromatic heterocycles. The molecule has 0 bridgehead atoms. The van der Waals surface area contributed by atoms with Gasteiger partial charge in [0.15, 0.2) is 0 Å². The van der Waals surface area contributed by atoms with E-state index in [-0.39, 0.29) is 29.6 Å². The third kappa shape index (κ3) is 3.68. The highest BCUT2D eigenvalue weighted by Gasteiger charge is 2.14. The molecule has 1 amide bonds. The Bertz CT molecular complexity index is 685. The summed E-state index contributed by atoms with van der Waals surface area (Å²) < 4.78 is 13.8. The molecule has 0 radical (unpaired) electrons. The molecule has 21 heavy (non-hydrogen) atoms. The number of halogens is 1. The fraction of sp³-hybridized carbons (Fsp3) is 0.200. The maximum atomic E-state index is 13.8. The fourth-order valence-electron chi connectivity index (χ4n) is 1.77. The van der Waals surface area contributed by atoms with E-state index in [0.29, 0.717) is 5.82 Å². The van der Waals surface area contributed by atoms with Crippen LogP contribution in [0.3, 0.4) is 0 Å². The van der Waals surface area contributed by atoms with E-state index in [1.54, 1.807) is 19.3 Å². The van der Waals surface area contributed by atoms with Gasteiger partial charge in [0.2, 0.25) is 0 Å². The summed E-state index contributed by atoms with van der Waals surface area (Å²) in [6, 6.07) is 3.84. The van der Waals surface area contributed by atoms with Crippen LogP contribution >= 0.6 is 0 Å². The minimum atomic E-state index is -0.547. The standard InChI is InChI=1S/C15H15FN4O/c1-10(14-18-7-8-19-14)20-15(21)12-5-4-11(3-2-6-17)13(16)9-12/h4-5,7-10H,6,17H2,1H3,(H,18,19)(H,20,21). The monoisotopic (exact) mass is 286 g/mol. The van der Waals surface area contributed by atoms with E-state index in [2.05, 4.69) is 27.1 Å². The molecule has 1 atom stereocenters. The lowest BCUT2D eigenvalue weighted by atomic mass is 10.1. The molecule has 0 saturated carbocycles. The molecule has 1 aromatic carbocycles. The number of nitrogens with zero attached hydrogens (tertiary/aromatic N) is 1. The van der Waals surface area contributed by atoms with E-state index in [1.807, 2.05) is 0 Å². The third-order valence-electron chi connectivity index (χ3n) is 2.83. The molecule has 1 unspecified atom stereocenters. The highest BCUT2D eigenvalue weighted by molar-refractivity contribution is 5.94. The topological polar surface area (TPSA) is 83.8 Å². The van der Waals surface area contributed by atoms with Gasteiger partial charge in [-0.1, -0.05) is 11.8 Å². The van der Waals surface area contributed by atoms with Crippen LogP contribution in [0.2, 0.25) is 0 Å². The number of amides is 1. The van der Waals surface area contributed by atoms with Crippen LogP contribution in [-0.2, 0) is 0 Å². The Morgan fingerprint density at radius 2 is 2.38 bits per heavy atom. The number of benzene rings is 1. The number of aromatic amines is 1. The highest BCUT2D eigenvalue weighted by atomic mass is 19.1. The zero-order valence-corrected chi connectivity index (χ0v) is 11.5. The Labute approximate surface area is 121 Å². The van der Waals surface area contributed by atoms with Gasteiger partial charge in [-0.2, -0.15) is 0 Å². The van der Waals surface area contributed by atoms with Gasteiger partial charge in [-0.05, 0) is 25.1 Å². The number of carbonyl (C=O) groups excluding carboxylic acids is 1.